The molecule has 1 aromatic rings. The summed E-state index contributed by atoms with van der Waals surface area (Å²) < 4.78 is 34.9. The molecule has 5 heteroatoms. The van der Waals surface area contributed by atoms with Crippen molar-refractivity contribution in [3.8, 4) is 0 Å². The molecule has 16 heavy (non-hydrogen) atoms. The first-order chi connectivity index (χ1) is 7.77. The van der Waals surface area contributed by atoms with E-state index in [9.17, 15) is 8.78 Å². The Morgan fingerprint density at radius 1 is 1.31 bits per heavy atom. The summed E-state index contributed by atoms with van der Waals surface area (Å²) in [7, 11) is 0. The molecule has 0 radical (unpaired) electrons. The fourth-order valence-corrected chi connectivity index (χ4v) is 1.26. The maximum Gasteiger partial charge on any atom is 0.263 e. The van der Waals surface area contributed by atoms with Crippen LogP contribution >= 0.6 is 0 Å². The number of halogens is 2. The number of ether oxygens (including phenoxy) is 2. The van der Waals surface area contributed by atoms with Crippen LogP contribution in [-0.2, 0) is 9.47 Å². The van der Waals surface area contributed by atoms with Crippen LogP contribution in [-0.4, -0.2) is 18.2 Å². The minimum absolute atomic E-state index is 0.0610. The van der Waals surface area contributed by atoms with Gasteiger partial charge < -0.3 is 9.47 Å². The Hall–Kier alpha value is -1.07. The van der Waals surface area contributed by atoms with Gasteiger partial charge in [0.1, 0.15) is 0 Å². The van der Waals surface area contributed by atoms with Crippen molar-refractivity contribution in [1.82, 2.24) is 4.98 Å². The number of hydrogen-bond donors (Lipinski definition) is 0. The molecule has 0 spiro atoms. The fraction of sp³-hybridized carbons (Fsp3) is 0.545. The molecule has 2 rings (SSSR count). The van der Waals surface area contributed by atoms with Crippen molar-refractivity contribution in [2.45, 2.75) is 26.6 Å². The molecule has 1 fully saturated rings. The van der Waals surface area contributed by atoms with Crippen LogP contribution in [0.3, 0.4) is 0 Å². The molecule has 1 aliphatic rings. The molecule has 3 nitrogen and oxygen atoms in total. The van der Waals surface area contributed by atoms with E-state index in [-0.39, 0.29) is 5.56 Å². The highest BCUT2D eigenvalue weighted by Gasteiger charge is 2.20. The maximum atomic E-state index is 12.3. The second-order valence-electron chi connectivity index (χ2n) is 2.89. The Balaban J connectivity index is 0.000000606. The predicted molar refractivity (Wildman–Crippen MR) is 55.2 cm³/mol. The first kappa shape index (κ1) is 13.0. The van der Waals surface area contributed by atoms with Crippen LogP contribution in [0.25, 0.3) is 0 Å². The molecule has 2 heterocycles. The summed E-state index contributed by atoms with van der Waals surface area (Å²) in [6.07, 6.45) is -1.74. The van der Waals surface area contributed by atoms with Gasteiger partial charge in [0.05, 0.1) is 18.9 Å². The van der Waals surface area contributed by atoms with E-state index in [1.165, 1.54) is 18.3 Å². The van der Waals surface area contributed by atoms with Crippen LogP contribution in [0.1, 0.15) is 37.8 Å². The van der Waals surface area contributed by atoms with Gasteiger partial charge in [0, 0.05) is 11.8 Å². The second-order valence-corrected chi connectivity index (χ2v) is 2.89. The zero-order valence-corrected chi connectivity index (χ0v) is 9.32. The molecule has 0 aliphatic carbocycles. The summed E-state index contributed by atoms with van der Waals surface area (Å²) >= 11 is 0. The van der Waals surface area contributed by atoms with Gasteiger partial charge in [0.25, 0.3) is 6.43 Å². The van der Waals surface area contributed by atoms with E-state index in [4.69, 9.17) is 9.47 Å². The van der Waals surface area contributed by atoms with Crippen molar-refractivity contribution in [3.05, 3.63) is 29.6 Å². The Kier molecular flexibility index (Phi) is 5.28. The molecule has 0 bridgehead atoms. The van der Waals surface area contributed by atoms with Gasteiger partial charge in [0.15, 0.2) is 0 Å². The lowest BCUT2D eigenvalue weighted by Crippen LogP contribution is -2.02. The Morgan fingerprint density at radius 2 is 1.94 bits per heavy atom. The molecule has 90 valence electrons. The molecule has 0 N–H and O–H groups in total. The highest BCUT2D eigenvalue weighted by molar-refractivity contribution is 5.18. The summed E-state index contributed by atoms with van der Waals surface area (Å²) in [4.78, 5) is 3.92. The van der Waals surface area contributed by atoms with Gasteiger partial charge in [-0.2, -0.15) is 0 Å². The van der Waals surface area contributed by atoms with Crippen LogP contribution in [0.2, 0.25) is 0 Å². The van der Waals surface area contributed by atoms with E-state index in [1.54, 1.807) is 0 Å². The van der Waals surface area contributed by atoms with Crippen molar-refractivity contribution in [2.75, 3.05) is 13.2 Å². The second kappa shape index (κ2) is 6.50. The number of rotatable bonds is 2. The van der Waals surface area contributed by atoms with Crippen LogP contribution < -0.4 is 0 Å². The van der Waals surface area contributed by atoms with E-state index >= 15 is 0 Å². The Bertz CT molecular complexity index is 315. The predicted octanol–water partition coefficient (Wildman–Crippen LogP) is 3.09. The molecule has 1 saturated heterocycles. The van der Waals surface area contributed by atoms with E-state index in [0.29, 0.717) is 18.9 Å². The highest BCUT2D eigenvalue weighted by Crippen LogP contribution is 2.25. The average Bonchev–Trinajstić information content (AvgIpc) is 2.85. The third-order valence-corrected chi connectivity index (χ3v) is 1.92. The van der Waals surface area contributed by atoms with Gasteiger partial charge in [0.2, 0.25) is 6.29 Å². The van der Waals surface area contributed by atoms with Crippen molar-refractivity contribution in [2.24, 2.45) is 0 Å². The highest BCUT2D eigenvalue weighted by atomic mass is 19.3. The topological polar surface area (TPSA) is 31.4 Å². The summed E-state index contributed by atoms with van der Waals surface area (Å²) in [5, 5.41) is 0. The molecule has 0 atom stereocenters. The summed E-state index contributed by atoms with van der Waals surface area (Å²) in [6, 6.07) is 2.59. The normalized spacial score (nSPS) is 16.1. The molecule has 0 unspecified atom stereocenters. The molecular formula is C11H15F2NO2. The Morgan fingerprint density at radius 3 is 2.50 bits per heavy atom. The van der Waals surface area contributed by atoms with Crippen LogP contribution in [0.15, 0.2) is 18.3 Å². The number of hydrogen-bond acceptors (Lipinski definition) is 3. The summed E-state index contributed by atoms with van der Waals surface area (Å²) in [5.74, 6) is 0. The van der Waals surface area contributed by atoms with E-state index in [0.717, 1.165) is 0 Å². The zero-order valence-electron chi connectivity index (χ0n) is 9.32. The number of pyridine rings is 1. The van der Waals surface area contributed by atoms with E-state index in [2.05, 4.69) is 4.98 Å². The van der Waals surface area contributed by atoms with Gasteiger partial charge in [-0.3, -0.25) is 4.98 Å². The molecule has 0 saturated carbocycles. The van der Waals surface area contributed by atoms with Gasteiger partial charge in [-0.1, -0.05) is 13.8 Å². The lowest BCUT2D eigenvalue weighted by molar-refractivity contribution is -0.0474. The minimum atomic E-state index is -2.49. The van der Waals surface area contributed by atoms with E-state index < -0.39 is 12.7 Å². The molecule has 0 aromatic carbocycles. The van der Waals surface area contributed by atoms with Crippen LogP contribution in [0.4, 0.5) is 8.78 Å². The van der Waals surface area contributed by atoms with Crippen LogP contribution in [0, 0.1) is 0 Å². The maximum absolute atomic E-state index is 12.3. The molecule has 1 aliphatic heterocycles. The standard InChI is InChI=1S/C9H9F2NO2.C2H6/c10-8(11)6-1-2-12-7(5-6)9-13-3-4-14-9;1-2/h1-2,5,8-9H,3-4H2;1-2H3. The molecular weight excluding hydrogens is 216 g/mol. The summed E-state index contributed by atoms with van der Waals surface area (Å²) in [5.41, 5.74) is 0.342. The zero-order chi connectivity index (χ0) is 12.0. The van der Waals surface area contributed by atoms with Crippen molar-refractivity contribution in [3.63, 3.8) is 0 Å². The molecule has 0 amide bonds. The Labute approximate surface area is 93.4 Å². The summed E-state index contributed by atoms with van der Waals surface area (Å²) in [6.45, 7) is 4.95. The number of nitrogens with zero attached hydrogens (tertiary/aromatic N) is 1. The third-order valence-electron chi connectivity index (χ3n) is 1.92. The van der Waals surface area contributed by atoms with E-state index in [1.807, 2.05) is 13.8 Å². The SMILES string of the molecule is CC.FC(F)c1ccnc(C2OCCO2)c1. The fourth-order valence-electron chi connectivity index (χ4n) is 1.26. The third kappa shape index (κ3) is 3.21. The van der Waals surface area contributed by atoms with Crippen LogP contribution in [0.5, 0.6) is 0 Å². The number of alkyl halides is 2. The van der Waals surface area contributed by atoms with Crippen molar-refractivity contribution in [1.29, 1.82) is 0 Å². The van der Waals surface area contributed by atoms with Gasteiger partial charge >= 0.3 is 0 Å². The monoisotopic (exact) mass is 231 g/mol. The molecule has 1 aromatic heterocycles. The number of aromatic nitrogens is 1. The quantitative estimate of drug-likeness (QED) is 0.783. The minimum Gasteiger partial charge on any atom is -0.345 e. The smallest absolute Gasteiger partial charge is 0.263 e. The van der Waals surface area contributed by atoms with Crippen molar-refractivity contribution < 1.29 is 18.3 Å². The first-order valence-electron chi connectivity index (χ1n) is 5.24. The largest absolute Gasteiger partial charge is 0.345 e. The van der Waals surface area contributed by atoms with Crippen molar-refractivity contribution >= 4 is 0 Å². The lowest BCUT2D eigenvalue weighted by Gasteiger charge is -2.09. The van der Waals surface area contributed by atoms with Gasteiger partial charge in [-0.15, -0.1) is 0 Å². The van der Waals surface area contributed by atoms with Gasteiger partial charge in [-0.05, 0) is 12.1 Å². The first-order valence-corrected chi connectivity index (χ1v) is 5.24. The lowest BCUT2D eigenvalue weighted by atomic mass is 10.2. The average molecular weight is 231 g/mol. The van der Waals surface area contributed by atoms with Gasteiger partial charge in [-0.25, -0.2) is 8.78 Å².